The van der Waals surface area contributed by atoms with Crippen LogP contribution in [0.2, 0.25) is 0 Å². The lowest BCUT2D eigenvalue weighted by molar-refractivity contribution is 0.306. The van der Waals surface area contributed by atoms with Gasteiger partial charge in [0.2, 0.25) is 0 Å². The molecule has 0 aliphatic carbocycles. The van der Waals surface area contributed by atoms with E-state index in [2.05, 4.69) is 60.0 Å². The topological polar surface area (TPSA) is 66.7 Å². The van der Waals surface area contributed by atoms with E-state index in [1.807, 2.05) is 30.1 Å². The number of nitrogens with one attached hydrogen (secondary N) is 2. The van der Waals surface area contributed by atoms with Crippen molar-refractivity contribution in [2.24, 2.45) is 12.0 Å². The molecule has 2 rings (SSSR count). The zero-order chi connectivity index (χ0) is 21.1. The van der Waals surface area contributed by atoms with Crippen molar-refractivity contribution in [1.29, 1.82) is 0 Å². The average molecular weight is 401 g/mol. The maximum absolute atomic E-state index is 5.21. The number of hydrogen-bond donors (Lipinski definition) is 2. The summed E-state index contributed by atoms with van der Waals surface area (Å²) in [6.07, 6.45) is 7.27. The predicted octanol–water partition coefficient (Wildman–Crippen LogP) is 2.61. The summed E-state index contributed by atoms with van der Waals surface area (Å²) in [5, 5.41) is 11.1. The van der Waals surface area contributed by atoms with E-state index in [4.69, 9.17) is 9.73 Å². The van der Waals surface area contributed by atoms with Crippen molar-refractivity contribution in [3.63, 3.8) is 0 Å². The number of aryl methyl sites for hydroxylation is 2. The third kappa shape index (κ3) is 7.77. The number of aliphatic imine (C=N–C) groups is 1. The molecule has 7 nitrogen and oxygen atoms in total. The number of methoxy groups -OCH3 is 1. The first-order chi connectivity index (χ1) is 14.0. The van der Waals surface area contributed by atoms with Crippen LogP contribution in [0, 0.1) is 0 Å². The average Bonchev–Trinajstić information content (AvgIpc) is 3.13. The minimum absolute atomic E-state index is 0.203. The first kappa shape index (κ1) is 22.7. The minimum atomic E-state index is 0.203. The van der Waals surface area contributed by atoms with Crippen LogP contribution in [0.1, 0.15) is 36.9 Å². The Morgan fingerprint density at radius 2 is 1.97 bits per heavy atom. The van der Waals surface area contributed by atoms with Crippen LogP contribution in [0.15, 0.2) is 41.7 Å². The first-order valence-electron chi connectivity index (χ1n) is 10.3. The molecular weight excluding hydrogens is 364 g/mol. The summed E-state index contributed by atoms with van der Waals surface area (Å²) in [6, 6.07) is 8.52. The van der Waals surface area contributed by atoms with Gasteiger partial charge in [-0.05, 0) is 58.0 Å². The van der Waals surface area contributed by atoms with Crippen molar-refractivity contribution in [3.8, 4) is 5.75 Å². The lowest BCUT2D eigenvalue weighted by Crippen LogP contribution is -2.38. The van der Waals surface area contributed by atoms with E-state index in [-0.39, 0.29) is 6.04 Å². The Balaban J connectivity index is 1.80. The van der Waals surface area contributed by atoms with Crippen LogP contribution < -0.4 is 15.4 Å². The number of nitrogens with zero attached hydrogens (tertiary/aromatic N) is 4. The summed E-state index contributed by atoms with van der Waals surface area (Å²) in [7, 11) is 7.79. The van der Waals surface area contributed by atoms with Crippen molar-refractivity contribution in [2.75, 3.05) is 40.8 Å². The fourth-order valence-corrected chi connectivity index (χ4v) is 3.15. The van der Waals surface area contributed by atoms with Gasteiger partial charge in [0.25, 0.3) is 0 Å². The van der Waals surface area contributed by atoms with Crippen LogP contribution in [0.3, 0.4) is 0 Å². The van der Waals surface area contributed by atoms with Crippen molar-refractivity contribution >= 4 is 5.96 Å². The number of rotatable bonds is 11. The zero-order valence-corrected chi connectivity index (χ0v) is 18.5. The van der Waals surface area contributed by atoms with E-state index in [0.29, 0.717) is 6.54 Å². The van der Waals surface area contributed by atoms with E-state index < -0.39 is 0 Å². The molecule has 29 heavy (non-hydrogen) atoms. The maximum Gasteiger partial charge on any atom is 0.191 e. The molecule has 0 saturated carbocycles. The van der Waals surface area contributed by atoms with Gasteiger partial charge in [-0.3, -0.25) is 9.67 Å². The standard InChI is InChI=1S/C22H36N6O/c1-6-23-22(25-16-21(27(2)3)19-15-26-28(4)17-19)24-14-8-7-9-18-10-12-20(29-5)13-11-18/h10-13,15,17,21H,6-9,14,16H2,1-5H3,(H2,23,24,25). The molecular formula is C22H36N6O. The van der Waals surface area contributed by atoms with Gasteiger partial charge in [-0.2, -0.15) is 5.10 Å². The number of hydrogen-bond acceptors (Lipinski definition) is 4. The largest absolute Gasteiger partial charge is 0.497 e. The maximum atomic E-state index is 5.21. The quantitative estimate of drug-likeness (QED) is 0.345. The third-order valence-electron chi connectivity index (χ3n) is 4.84. The Bertz CT molecular complexity index is 738. The highest BCUT2D eigenvalue weighted by Gasteiger charge is 2.15. The van der Waals surface area contributed by atoms with E-state index in [0.717, 1.165) is 44.1 Å². The Kier molecular flexibility index (Phi) is 9.50. The van der Waals surface area contributed by atoms with Crippen LogP contribution in [-0.4, -0.2) is 61.5 Å². The molecule has 160 valence electrons. The van der Waals surface area contributed by atoms with E-state index >= 15 is 0 Å². The molecule has 2 N–H and O–H groups in total. The third-order valence-corrected chi connectivity index (χ3v) is 4.84. The van der Waals surface area contributed by atoms with E-state index in [1.165, 1.54) is 11.1 Å². The molecule has 0 aliphatic heterocycles. The summed E-state index contributed by atoms with van der Waals surface area (Å²) in [5.41, 5.74) is 2.52. The highest BCUT2D eigenvalue weighted by molar-refractivity contribution is 5.79. The lowest BCUT2D eigenvalue weighted by atomic mass is 10.1. The molecule has 1 heterocycles. The molecule has 0 aliphatic rings. The molecule has 1 atom stereocenters. The Hall–Kier alpha value is -2.54. The normalized spacial score (nSPS) is 12.8. The zero-order valence-electron chi connectivity index (χ0n) is 18.5. The summed E-state index contributed by atoms with van der Waals surface area (Å²) < 4.78 is 7.04. The second kappa shape index (κ2) is 12.1. The molecule has 1 aromatic heterocycles. The monoisotopic (exact) mass is 400 g/mol. The molecule has 0 radical (unpaired) electrons. The summed E-state index contributed by atoms with van der Waals surface area (Å²) in [4.78, 5) is 6.98. The smallest absolute Gasteiger partial charge is 0.191 e. The highest BCUT2D eigenvalue weighted by Crippen LogP contribution is 2.17. The Morgan fingerprint density at radius 3 is 2.55 bits per heavy atom. The van der Waals surface area contributed by atoms with Gasteiger partial charge in [0.05, 0.1) is 25.9 Å². The van der Waals surface area contributed by atoms with Gasteiger partial charge in [-0.15, -0.1) is 0 Å². The number of aromatic nitrogens is 2. The van der Waals surface area contributed by atoms with Crippen LogP contribution in [0.4, 0.5) is 0 Å². The van der Waals surface area contributed by atoms with Gasteiger partial charge in [0, 0.05) is 31.9 Å². The fraction of sp³-hybridized carbons (Fsp3) is 0.545. The summed E-state index contributed by atoms with van der Waals surface area (Å²) in [6.45, 7) is 4.52. The number of guanidine groups is 1. The minimum Gasteiger partial charge on any atom is -0.497 e. The fourth-order valence-electron chi connectivity index (χ4n) is 3.15. The van der Waals surface area contributed by atoms with E-state index in [9.17, 15) is 0 Å². The number of likely N-dealkylation sites (N-methyl/N-ethyl adjacent to an activating group) is 1. The number of ether oxygens (including phenoxy) is 1. The summed E-state index contributed by atoms with van der Waals surface area (Å²) in [5.74, 6) is 1.77. The summed E-state index contributed by atoms with van der Waals surface area (Å²) >= 11 is 0. The Labute approximate surface area is 175 Å². The van der Waals surface area contributed by atoms with Crippen molar-refractivity contribution in [2.45, 2.75) is 32.2 Å². The van der Waals surface area contributed by atoms with Gasteiger partial charge >= 0.3 is 0 Å². The second-order valence-electron chi connectivity index (χ2n) is 7.38. The van der Waals surface area contributed by atoms with Crippen LogP contribution in [0.5, 0.6) is 5.75 Å². The Morgan fingerprint density at radius 1 is 1.21 bits per heavy atom. The molecule has 0 fully saturated rings. The lowest BCUT2D eigenvalue weighted by Gasteiger charge is -2.22. The SMILES string of the molecule is CCNC(=NCC(c1cnn(C)c1)N(C)C)NCCCCc1ccc(OC)cc1. The highest BCUT2D eigenvalue weighted by atomic mass is 16.5. The van der Waals surface area contributed by atoms with Gasteiger partial charge in [0.15, 0.2) is 5.96 Å². The van der Waals surface area contributed by atoms with Gasteiger partial charge in [-0.1, -0.05) is 12.1 Å². The first-order valence-corrected chi connectivity index (χ1v) is 10.3. The molecule has 1 unspecified atom stereocenters. The van der Waals surface area contributed by atoms with Crippen molar-refractivity contribution < 1.29 is 4.74 Å². The van der Waals surface area contributed by atoms with Crippen LogP contribution in [-0.2, 0) is 13.5 Å². The molecule has 2 aromatic rings. The van der Waals surface area contributed by atoms with Crippen molar-refractivity contribution in [1.82, 2.24) is 25.3 Å². The van der Waals surface area contributed by atoms with Crippen molar-refractivity contribution in [3.05, 3.63) is 47.8 Å². The number of unbranched alkanes of at least 4 members (excludes halogenated alkanes) is 1. The molecule has 7 heteroatoms. The molecule has 0 bridgehead atoms. The van der Waals surface area contributed by atoms with E-state index in [1.54, 1.807) is 7.11 Å². The van der Waals surface area contributed by atoms with Gasteiger partial charge in [-0.25, -0.2) is 0 Å². The molecule has 0 saturated heterocycles. The van der Waals surface area contributed by atoms with Crippen LogP contribution >= 0.6 is 0 Å². The van der Waals surface area contributed by atoms with Gasteiger partial charge in [0.1, 0.15) is 5.75 Å². The molecule has 0 spiro atoms. The predicted molar refractivity (Wildman–Crippen MR) is 120 cm³/mol. The molecule has 1 aromatic carbocycles. The second-order valence-corrected chi connectivity index (χ2v) is 7.38. The van der Waals surface area contributed by atoms with Crippen LogP contribution in [0.25, 0.3) is 0 Å². The van der Waals surface area contributed by atoms with Gasteiger partial charge < -0.3 is 20.3 Å². The number of benzene rings is 1. The molecule has 0 amide bonds.